The first-order valence-electron chi connectivity index (χ1n) is 3.38. The van der Waals surface area contributed by atoms with Gasteiger partial charge in [-0.1, -0.05) is 13.8 Å². The van der Waals surface area contributed by atoms with Crippen LogP contribution in [0.4, 0.5) is 0 Å². The zero-order chi connectivity index (χ0) is 7.44. The van der Waals surface area contributed by atoms with E-state index in [-0.39, 0.29) is 17.7 Å². The lowest BCUT2D eigenvalue weighted by molar-refractivity contribution is -0.123. The molecule has 0 saturated heterocycles. The van der Waals surface area contributed by atoms with Crippen molar-refractivity contribution in [2.75, 3.05) is 0 Å². The van der Waals surface area contributed by atoms with Crippen LogP contribution in [0.3, 0.4) is 0 Å². The second-order valence-corrected chi connectivity index (χ2v) is 2.50. The van der Waals surface area contributed by atoms with E-state index < -0.39 is 0 Å². The van der Waals surface area contributed by atoms with Crippen molar-refractivity contribution in [1.82, 2.24) is 0 Å². The van der Waals surface area contributed by atoms with Gasteiger partial charge in [0.1, 0.15) is 0 Å². The Balaban J connectivity index is 3.73. The molecule has 0 saturated carbocycles. The average Bonchev–Trinajstić information content (AvgIpc) is 1.84. The van der Waals surface area contributed by atoms with E-state index in [4.69, 9.17) is 5.73 Å². The quantitative estimate of drug-likeness (QED) is 0.616. The molecule has 1 unspecified atom stereocenters. The van der Waals surface area contributed by atoms with Crippen LogP contribution in [-0.4, -0.2) is 11.8 Å². The number of rotatable bonds is 3. The molecule has 0 fully saturated rings. The number of nitrogens with two attached hydrogens (primary N) is 1. The molecule has 0 bridgehead atoms. The van der Waals surface area contributed by atoms with Gasteiger partial charge in [0.05, 0.1) is 6.04 Å². The van der Waals surface area contributed by atoms with Crippen LogP contribution < -0.4 is 5.73 Å². The van der Waals surface area contributed by atoms with Crippen LogP contribution in [0.2, 0.25) is 0 Å². The Morgan fingerprint density at radius 3 is 2.11 bits per heavy atom. The average molecular weight is 129 g/mol. The molecule has 9 heavy (non-hydrogen) atoms. The fourth-order valence-corrected chi connectivity index (χ4v) is 0.650. The van der Waals surface area contributed by atoms with Crippen molar-refractivity contribution in [2.24, 2.45) is 11.7 Å². The number of hydrogen-bond acceptors (Lipinski definition) is 2. The van der Waals surface area contributed by atoms with Crippen molar-refractivity contribution in [1.29, 1.82) is 0 Å². The molecule has 2 N–H and O–H groups in total. The summed E-state index contributed by atoms with van der Waals surface area (Å²) in [5.41, 5.74) is 5.36. The summed E-state index contributed by atoms with van der Waals surface area (Å²) in [5.74, 6) is 0.294. The van der Waals surface area contributed by atoms with Gasteiger partial charge >= 0.3 is 0 Å². The highest BCUT2D eigenvalue weighted by molar-refractivity contribution is 5.85. The third-order valence-electron chi connectivity index (χ3n) is 1.55. The lowest BCUT2D eigenvalue weighted by Crippen LogP contribution is -2.31. The molecule has 0 amide bonds. The fourth-order valence-electron chi connectivity index (χ4n) is 0.650. The molecule has 0 radical (unpaired) electrons. The molecular formula is C7H15NO. The van der Waals surface area contributed by atoms with Crippen molar-refractivity contribution in [3.8, 4) is 0 Å². The third kappa shape index (κ3) is 2.61. The predicted molar refractivity (Wildman–Crippen MR) is 38.1 cm³/mol. The van der Waals surface area contributed by atoms with E-state index in [0.29, 0.717) is 0 Å². The van der Waals surface area contributed by atoms with Gasteiger partial charge in [-0.05, 0) is 13.3 Å². The molecular weight excluding hydrogens is 114 g/mol. The Labute approximate surface area is 56.4 Å². The van der Waals surface area contributed by atoms with E-state index in [2.05, 4.69) is 0 Å². The van der Waals surface area contributed by atoms with Crippen LogP contribution >= 0.6 is 0 Å². The minimum absolute atomic E-state index is 0.130. The molecule has 0 heterocycles. The van der Waals surface area contributed by atoms with Crippen LogP contribution in [0.5, 0.6) is 0 Å². The first kappa shape index (κ1) is 8.63. The zero-order valence-electron chi connectivity index (χ0n) is 6.35. The molecule has 0 spiro atoms. The van der Waals surface area contributed by atoms with Crippen LogP contribution in [-0.2, 0) is 4.79 Å². The van der Waals surface area contributed by atoms with Gasteiger partial charge in [0, 0.05) is 5.92 Å². The molecule has 0 rings (SSSR count). The molecule has 0 aromatic carbocycles. The maximum atomic E-state index is 10.9. The minimum atomic E-state index is -0.292. The summed E-state index contributed by atoms with van der Waals surface area (Å²) >= 11 is 0. The van der Waals surface area contributed by atoms with Gasteiger partial charge in [0.2, 0.25) is 0 Å². The van der Waals surface area contributed by atoms with Crippen LogP contribution in [0.25, 0.3) is 0 Å². The molecule has 0 aliphatic rings. The normalized spacial score (nSPS) is 16.9. The number of carbonyl (C=O) groups is 1. The minimum Gasteiger partial charge on any atom is -0.322 e. The van der Waals surface area contributed by atoms with Gasteiger partial charge in [0.15, 0.2) is 5.78 Å². The van der Waals surface area contributed by atoms with Crippen LogP contribution in [0.15, 0.2) is 0 Å². The molecule has 2 nitrogen and oxygen atoms in total. The van der Waals surface area contributed by atoms with E-state index in [0.717, 1.165) is 6.42 Å². The van der Waals surface area contributed by atoms with E-state index >= 15 is 0 Å². The molecule has 2 heteroatoms. The maximum Gasteiger partial charge on any atom is 0.152 e. The highest BCUT2D eigenvalue weighted by Crippen LogP contribution is 2.03. The Hall–Kier alpha value is -0.370. The second-order valence-electron chi connectivity index (χ2n) is 2.50. The summed E-state index contributed by atoms with van der Waals surface area (Å²) in [5, 5.41) is 0. The molecule has 0 aromatic rings. The number of hydrogen-bond donors (Lipinski definition) is 1. The van der Waals surface area contributed by atoms with Gasteiger partial charge in [0.25, 0.3) is 0 Å². The Morgan fingerprint density at radius 2 is 2.00 bits per heavy atom. The SMILES string of the molecule is CCC(C)C(=O)[C@H](C)N. The lowest BCUT2D eigenvalue weighted by Gasteiger charge is -2.08. The van der Waals surface area contributed by atoms with Gasteiger partial charge in [-0.2, -0.15) is 0 Å². The summed E-state index contributed by atoms with van der Waals surface area (Å²) in [6, 6.07) is -0.292. The van der Waals surface area contributed by atoms with Crippen molar-refractivity contribution in [3.63, 3.8) is 0 Å². The van der Waals surface area contributed by atoms with Crippen molar-refractivity contribution >= 4 is 5.78 Å². The van der Waals surface area contributed by atoms with Gasteiger partial charge in [-0.3, -0.25) is 4.79 Å². The Morgan fingerprint density at radius 1 is 1.56 bits per heavy atom. The standard InChI is InChI=1S/C7H15NO/c1-4-5(2)7(9)6(3)8/h5-6H,4,8H2,1-3H3/t5?,6-/m0/s1. The number of ketones is 1. The van der Waals surface area contributed by atoms with Crippen LogP contribution in [0, 0.1) is 5.92 Å². The molecule has 0 aliphatic carbocycles. The second kappa shape index (κ2) is 3.62. The summed E-state index contributed by atoms with van der Waals surface area (Å²) in [4.78, 5) is 10.9. The monoisotopic (exact) mass is 129 g/mol. The smallest absolute Gasteiger partial charge is 0.152 e. The van der Waals surface area contributed by atoms with E-state index in [9.17, 15) is 4.79 Å². The highest BCUT2D eigenvalue weighted by atomic mass is 16.1. The highest BCUT2D eigenvalue weighted by Gasteiger charge is 2.13. The van der Waals surface area contributed by atoms with Crippen molar-refractivity contribution in [2.45, 2.75) is 33.2 Å². The zero-order valence-corrected chi connectivity index (χ0v) is 6.35. The van der Waals surface area contributed by atoms with Gasteiger partial charge < -0.3 is 5.73 Å². The fraction of sp³-hybridized carbons (Fsp3) is 0.857. The van der Waals surface area contributed by atoms with Gasteiger partial charge in [-0.15, -0.1) is 0 Å². The lowest BCUT2D eigenvalue weighted by atomic mass is 9.99. The third-order valence-corrected chi connectivity index (χ3v) is 1.55. The summed E-state index contributed by atoms with van der Waals surface area (Å²) in [7, 11) is 0. The summed E-state index contributed by atoms with van der Waals surface area (Å²) < 4.78 is 0. The molecule has 54 valence electrons. The van der Waals surface area contributed by atoms with Gasteiger partial charge in [-0.25, -0.2) is 0 Å². The molecule has 2 atom stereocenters. The predicted octanol–water partition coefficient (Wildman–Crippen LogP) is 0.949. The van der Waals surface area contributed by atoms with Crippen molar-refractivity contribution < 1.29 is 4.79 Å². The Bertz CT molecular complexity index is 99.1. The maximum absolute atomic E-state index is 10.9. The molecule has 0 aliphatic heterocycles. The van der Waals surface area contributed by atoms with Crippen molar-refractivity contribution in [3.05, 3.63) is 0 Å². The largest absolute Gasteiger partial charge is 0.322 e. The number of Topliss-reactive ketones (excluding diaryl/α,β-unsaturated/α-hetero) is 1. The summed E-state index contributed by atoms with van der Waals surface area (Å²) in [6.07, 6.45) is 0.889. The Kier molecular flexibility index (Phi) is 3.47. The molecule has 0 aromatic heterocycles. The topological polar surface area (TPSA) is 43.1 Å². The van der Waals surface area contributed by atoms with Crippen LogP contribution in [0.1, 0.15) is 27.2 Å². The van der Waals surface area contributed by atoms with E-state index in [1.807, 2.05) is 13.8 Å². The first-order chi connectivity index (χ1) is 4.09. The van der Waals surface area contributed by atoms with E-state index in [1.54, 1.807) is 6.92 Å². The summed E-state index contributed by atoms with van der Waals surface area (Å²) in [6.45, 7) is 5.63. The van der Waals surface area contributed by atoms with E-state index in [1.165, 1.54) is 0 Å². The number of carbonyl (C=O) groups excluding carboxylic acids is 1. The first-order valence-corrected chi connectivity index (χ1v) is 3.38.